The number of rotatable bonds is 3. The molecule has 1 aliphatic rings. The van der Waals surface area contributed by atoms with Crippen molar-refractivity contribution in [3.8, 4) is 0 Å². The molecule has 1 saturated heterocycles. The van der Waals surface area contributed by atoms with E-state index < -0.39 is 30.4 Å². The van der Waals surface area contributed by atoms with Crippen molar-refractivity contribution >= 4 is 5.82 Å². The number of aliphatic hydroxyl groups excluding tert-OH is 2. The van der Waals surface area contributed by atoms with Crippen molar-refractivity contribution in [1.82, 2.24) is 9.55 Å². The monoisotopic (exact) mass is 268 g/mol. The number of nitrogen functional groups attached to an aromatic ring is 1. The molecule has 1 aromatic heterocycles. The van der Waals surface area contributed by atoms with Gasteiger partial charge in [-0.15, -0.1) is 0 Å². The lowest BCUT2D eigenvalue weighted by atomic mass is 10.1. The molecule has 0 spiro atoms. The van der Waals surface area contributed by atoms with Crippen LogP contribution in [0.15, 0.2) is 22.2 Å². The van der Waals surface area contributed by atoms with Gasteiger partial charge in [0.25, 0.3) is 0 Å². The normalized spacial score (nSPS) is 30.0. The molecule has 1 fully saturated rings. The number of anilines is 1. The Balaban J connectivity index is 2.37. The summed E-state index contributed by atoms with van der Waals surface area (Å²) in [6.07, 6.45) is -1.05. The Kier molecular flexibility index (Phi) is 3.40. The number of azide groups is 1. The molecule has 0 unspecified atom stereocenters. The van der Waals surface area contributed by atoms with Gasteiger partial charge in [0.15, 0.2) is 12.0 Å². The average molecular weight is 268 g/mol. The third-order valence-corrected chi connectivity index (χ3v) is 2.80. The highest BCUT2D eigenvalue weighted by atomic mass is 16.6. The molecule has 3 atom stereocenters. The van der Waals surface area contributed by atoms with Crippen LogP contribution in [0.1, 0.15) is 12.6 Å². The smallest absolute Gasteiger partial charge is 0.351 e. The van der Waals surface area contributed by atoms with Crippen LogP contribution in [0.2, 0.25) is 0 Å². The first kappa shape index (κ1) is 13.3. The molecule has 10 heteroatoms. The van der Waals surface area contributed by atoms with Gasteiger partial charge in [-0.1, -0.05) is 5.11 Å². The first-order valence-corrected chi connectivity index (χ1v) is 5.39. The van der Waals surface area contributed by atoms with Crippen LogP contribution < -0.4 is 11.4 Å². The zero-order valence-corrected chi connectivity index (χ0v) is 9.75. The van der Waals surface area contributed by atoms with Crippen molar-refractivity contribution in [2.45, 2.75) is 24.5 Å². The summed E-state index contributed by atoms with van der Waals surface area (Å²) in [7, 11) is 0. The lowest BCUT2D eigenvalue weighted by molar-refractivity contribution is -0.107. The van der Waals surface area contributed by atoms with Crippen LogP contribution in [0.4, 0.5) is 5.82 Å². The lowest BCUT2D eigenvalue weighted by Gasteiger charge is -2.21. The number of nitrogens with two attached hydrogens (primary N) is 1. The minimum absolute atomic E-state index is 0.0391. The molecule has 0 saturated carbocycles. The Labute approximate surface area is 106 Å². The van der Waals surface area contributed by atoms with Gasteiger partial charge >= 0.3 is 5.69 Å². The fourth-order valence-electron chi connectivity index (χ4n) is 1.92. The summed E-state index contributed by atoms with van der Waals surface area (Å²) < 4.78 is 6.34. The number of aromatic nitrogens is 2. The molecule has 1 aromatic rings. The standard InChI is InChI=1S/C9H12N6O4/c10-6-1-2-15(8(18)12-6)7-5(17)3-9(4-16,19-7)13-14-11/h1-2,5,7,16-17H,3-4H2,(H2,10,12,18)/t5-,7-,9+/m1/s1. The molecule has 0 amide bonds. The van der Waals surface area contributed by atoms with E-state index in [1.807, 2.05) is 0 Å². The van der Waals surface area contributed by atoms with E-state index in [4.69, 9.17) is 16.0 Å². The van der Waals surface area contributed by atoms with Crippen LogP contribution in [-0.2, 0) is 4.74 Å². The second-order valence-electron chi connectivity index (χ2n) is 4.12. The maximum atomic E-state index is 11.6. The van der Waals surface area contributed by atoms with E-state index in [0.29, 0.717) is 0 Å². The summed E-state index contributed by atoms with van der Waals surface area (Å²) in [6, 6.07) is 1.37. The van der Waals surface area contributed by atoms with E-state index in [1.165, 1.54) is 12.3 Å². The van der Waals surface area contributed by atoms with E-state index in [9.17, 15) is 15.0 Å². The Morgan fingerprint density at radius 2 is 2.53 bits per heavy atom. The first-order chi connectivity index (χ1) is 9.01. The third-order valence-electron chi connectivity index (χ3n) is 2.80. The van der Waals surface area contributed by atoms with Crippen molar-refractivity contribution in [2.24, 2.45) is 5.11 Å². The molecule has 0 bridgehead atoms. The lowest BCUT2D eigenvalue weighted by Crippen LogP contribution is -2.33. The number of hydrogen-bond acceptors (Lipinski definition) is 7. The number of aliphatic hydroxyl groups is 2. The first-order valence-electron chi connectivity index (χ1n) is 5.39. The fourth-order valence-corrected chi connectivity index (χ4v) is 1.92. The van der Waals surface area contributed by atoms with Crippen LogP contribution in [-0.4, -0.2) is 38.2 Å². The largest absolute Gasteiger partial charge is 0.393 e. The zero-order chi connectivity index (χ0) is 14.0. The summed E-state index contributed by atoms with van der Waals surface area (Å²) >= 11 is 0. The Morgan fingerprint density at radius 1 is 1.79 bits per heavy atom. The molecule has 102 valence electrons. The summed E-state index contributed by atoms with van der Waals surface area (Å²) in [6.45, 7) is -0.609. The highest BCUT2D eigenvalue weighted by Crippen LogP contribution is 2.37. The van der Waals surface area contributed by atoms with Crippen LogP contribution in [0, 0.1) is 0 Å². The van der Waals surface area contributed by atoms with Gasteiger partial charge in [0.1, 0.15) is 11.9 Å². The van der Waals surface area contributed by atoms with Gasteiger partial charge in [-0.3, -0.25) is 4.57 Å². The summed E-state index contributed by atoms with van der Waals surface area (Å²) in [5.41, 5.74) is 11.5. The molecule has 2 rings (SSSR count). The quantitative estimate of drug-likeness (QED) is 0.366. The van der Waals surface area contributed by atoms with Crippen molar-refractivity contribution in [2.75, 3.05) is 12.3 Å². The Morgan fingerprint density at radius 3 is 3.11 bits per heavy atom. The van der Waals surface area contributed by atoms with Gasteiger partial charge in [-0.25, -0.2) is 4.79 Å². The van der Waals surface area contributed by atoms with Crippen molar-refractivity contribution in [3.05, 3.63) is 33.2 Å². The van der Waals surface area contributed by atoms with E-state index in [1.54, 1.807) is 0 Å². The Bertz CT molecular complexity index is 582. The zero-order valence-electron chi connectivity index (χ0n) is 9.75. The second-order valence-corrected chi connectivity index (χ2v) is 4.12. The molecule has 19 heavy (non-hydrogen) atoms. The van der Waals surface area contributed by atoms with Gasteiger partial charge in [0, 0.05) is 17.5 Å². The van der Waals surface area contributed by atoms with Crippen LogP contribution in [0.5, 0.6) is 0 Å². The predicted molar refractivity (Wildman–Crippen MR) is 62.6 cm³/mol. The van der Waals surface area contributed by atoms with Gasteiger partial charge < -0.3 is 20.7 Å². The molecular formula is C9H12N6O4. The summed E-state index contributed by atoms with van der Waals surface area (Å²) in [5.74, 6) is 0.0391. The highest BCUT2D eigenvalue weighted by Gasteiger charge is 2.46. The van der Waals surface area contributed by atoms with Crippen LogP contribution in [0.3, 0.4) is 0 Å². The highest BCUT2D eigenvalue weighted by molar-refractivity contribution is 5.23. The van der Waals surface area contributed by atoms with E-state index in [0.717, 1.165) is 4.57 Å². The fraction of sp³-hybridized carbons (Fsp3) is 0.556. The Hall–Kier alpha value is -2.13. The minimum atomic E-state index is -1.58. The number of hydrogen-bond donors (Lipinski definition) is 3. The molecule has 10 nitrogen and oxygen atoms in total. The topological polar surface area (TPSA) is 159 Å². The number of ether oxygens (including phenoxy) is 1. The summed E-state index contributed by atoms with van der Waals surface area (Å²) in [5, 5.41) is 22.4. The maximum Gasteiger partial charge on any atom is 0.351 e. The second kappa shape index (κ2) is 4.86. The third kappa shape index (κ3) is 2.37. The molecule has 0 radical (unpaired) electrons. The van der Waals surface area contributed by atoms with E-state index in [2.05, 4.69) is 15.0 Å². The van der Waals surface area contributed by atoms with Gasteiger partial charge in [-0.2, -0.15) is 4.98 Å². The van der Waals surface area contributed by atoms with Gasteiger partial charge in [0.05, 0.1) is 6.61 Å². The molecule has 4 N–H and O–H groups in total. The average Bonchev–Trinajstić information content (AvgIpc) is 2.68. The molecule has 0 aromatic carbocycles. The van der Waals surface area contributed by atoms with Gasteiger partial charge in [-0.05, 0) is 11.6 Å². The van der Waals surface area contributed by atoms with Crippen molar-refractivity contribution < 1.29 is 14.9 Å². The molecule has 0 aliphatic carbocycles. The van der Waals surface area contributed by atoms with Crippen LogP contribution >= 0.6 is 0 Å². The SMILES string of the molecule is [N-]=[N+]=N[C@@]1(CO)C[C@@H](O)[C@H](n2ccc(N)nc2=O)O1. The molecular weight excluding hydrogens is 256 g/mol. The van der Waals surface area contributed by atoms with Gasteiger partial charge in [0.2, 0.25) is 0 Å². The van der Waals surface area contributed by atoms with E-state index >= 15 is 0 Å². The number of nitrogens with zero attached hydrogens (tertiary/aromatic N) is 5. The molecule has 2 heterocycles. The van der Waals surface area contributed by atoms with Crippen LogP contribution in [0.25, 0.3) is 10.4 Å². The van der Waals surface area contributed by atoms with Crippen molar-refractivity contribution in [1.29, 1.82) is 0 Å². The van der Waals surface area contributed by atoms with Crippen molar-refractivity contribution in [3.63, 3.8) is 0 Å². The molecule has 1 aliphatic heterocycles. The predicted octanol–water partition coefficient (Wildman–Crippen LogP) is -0.896. The minimum Gasteiger partial charge on any atom is -0.393 e. The maximum absolute atomic E-state index is 11.6. The summed E-state index contributed by atoms with van der Waals surface area (Å²) in [4.78, 5) is 17.7. The van der Waals surface area contributed by atoms with E-state index in [-0.39, 0.29) is 12.2 Å².